The number of hydrazine groups is 1. The molecule has 16 heavy (non-hydrogen) atoms. The zero-order valence-electron chi connectivity index (χ0n) is 10.4. The normalized spacial score (nSPS) is 35.9. The van der Waals surface area contributed by atoms with Crippen molar-refractivity contribution in [1.82, 2.24) is 10.7 Å². The Morgan fingerprint density at radius 1 is 1.19 bits per heavy atom. The van der Waals surface area contributed by atoms with Crippen LogP contribution in [-0.4, -0.2) is 18.0 Å². The highest BCUT2D eigenvalue weighted by atomic mass is 15.3. The number of aliphatic imine (C=N–C) groups is 1. The third-order valence-electron chi connectivity index (χ3n) is 4.01. The van der Waals surface area contributed by atoms with Gasteiger partial charge in [-0.2, -0.15) is 0 Å². The Morgan fingerprint density at radius 3 is 2.56 bits per heavy atom. The lowest BCUT2D eigenvalue weighted by atomic mass is 9.78. The molecule has 3 atom stereocenters. The largest absolute Gasteiger partial charge is 0.353 e. The molecule has 0 radical (unpaired) electrons. The van der Waals surface area contributed by atoms with Gasteiger partial charge >= 0.3 is 0 Å². The third-order valence-corrected chi connectivity index (χ3v) is 4.01. The third kappa shape index (κ3) is 2.88. The molecule has 2 fully saturated rings. The van der Waals surface area contributed by atoms with E-state index >= 15 is 0 Å². The van der Waals surface area contributed by atoms with Crippen LogP contribution in [0.15, 0.2) is 4.99 Å². The number of guanidine groups is 1. The van der Waals surface area contributed by atoms with Gasteiger partial charge in [0, 0.05) is 6.04 Å². The first-order valence-electron chi connectivity index (χ1n) is 6.51. The summed E-state index contributed by atoms with van der Waals surface area (Å²) in [7, 11) is 0. The van der Waals surface area contributed by atoms with Gasteiger partial charge in [0.2, 0.25) is 5.96 Å². The fraction of sp³-hybridized carbons (Fsp3) is 0.917. The SMILES string of the molecule is CC1CCCC(N=C(NN)NC2CC2)C1C. The van der Waals surface area contributed by atoms with Crippen LogP contribution in [0, 0.1) is 11.8 Å². The Morgan fingerprint density at radius 2 is 1.94 bits per heavy atom. The Bertz CT molecular complexity index is 260. The average molecular weight is 224 g/mol. The van der Waals surface area contributed by atoms with E-state index in [0.29, 0.717) is 18.0 Å². The first-order chi connectivity index (χ1) is 7.70. The fourth-order valence-corrected chi connectivity index (χ4v) is 2.44. The van der Waals surface area contributed by atoms with Crippen molar-refractivity contribution in [2.24, 2.45) is 22.7 Å². The van der Waals surface area contributed by atoms with Gasteiger partial charge in [-0.15, -0.1) is 0 Å². The minimum atomic E-state index is 0.432. The first kappa shape index (κ1) is 11.7. The molecule has 4 heteroatoms. The van der Waals surface area contributed by atoms with Crippen molar-refractivity contribution in [1.29, 1.82) is 0 Å². The predicted octanol–water partition coefficient (Wildman–Crippen LogP) is 1.38. The molecule has 2 rings (SSSR count). The van der Waals surface area contributed by atoms with Crippen molar-refractivity contribution in [3.8, 4) is 0 Å². The summed E-state index contributed by atoms with van der Waals surface area (Å²) in [6.45, 7) is 4.64. The summed E-state index contributed by atoms with van der Waals surface area (Å²) in [5, 5.41) is 3.34. The van der Waals surface area contributed by atoms with Crippen molar-refractivity contribution >= 4 is 5.96 Å². The molecule has 3 unspecified atom stereocenters. The summed E-state index contributed by atoms with van der Waals surface area (Å²) in [6.07, 6.45) is 6.33. The van der Waals surface area contributed by atoms with Crippen LogP contribution in [0.25, 0.3) is 0 Å². The number of nitrogens with two attached hydrogens (primary N) is 1. The monoisotopic (exact) mass is 224 g/mol. The van der Waals surface area contributed by atoms with Crippen LogP contribution in [0.2, 0.25) is 0 Å². The van der Waals surface area contributed by atoms with Crippen LogP contribution >= 0.6 is 0 Å². The molecule has 0 bridgehead atoms. The van der Waals surface area contributed by atoms with Gasteiger partial charge in [-0.25, -0.2) is 10.8 Å². The number of nitrogens with zero attached hydrogens (tertiary/aromatic N) is 1. The molecule has 0 amide bonds. The number of nitrogens with one attached hydrogen (secondary N) is 2. The molecule has 0 aromatic carbocycles. The van der Waals surface area contributed by atoms with Gasteiger partial charge in [0.25, 0.3) is 0 Å². The Labute approximate surface area is 98.0 Å². The van der Waals surface area contributed by atoms with Gasteiger partial charge in [-0.05, 0) is 31.1 Å². The summed E-state index contributed by atoms with van der Waals surface area (Å²) < 4.78 is 0. The lowest BCUT2D eigenvalue weighted by molar-refractivity contribution is 0.240. The van der Waals surface area contributed by atoms with Crippen LogP contribution in [0.3, 0.4) is 0 Å². The van der Waals surface area contributed by atoms with Crippen molar-refractivity contribution in [3.63, 3.8) is 0 Å². The van der Waals surface area contributed by atoms with E-state index in [9.17, 15) is 0 Å². The first-order valence-corrected chi connectivity index (χ1v) is 6.51. The minimum absolute atomic E-state index is 0.432. The molecule has 2 saturated carbocycles. The van der Waals surface area contributed by atoms with E-state index in [2.05, 4.69) is 24.6 Å². The molecule has 0 aromatic heterocycles. The van der Waals surface area contributed by atoms with Crippen LogP contribution in [-0.2, 0) is 0 Å². The summed E-state index contributed by atoms with van der Waals surface area (Å²) in [5.41, 5.74) is 2.69. The minimum Gasteiger partial charge on any atom is -0.353 e. The molecule has 4 N–H and O–H groups in total. The van der Waals surface area contributed by atoms with Crippen molar-refractivity contribution < 1.29 is 0 Å². The second kappa shape index (κ2) is 5.04. The van der Waals surface area contributed by atoms with E-state index in [0.717, 1.165) is 11.9 Å². The highest BCUT2D eigenvalue weighted by Crippen LogP contribution is 2.31. The molecule has 0 aliphatic heterocycles. The van der Waals surface area contributed by atoms with Crippen LogP contribution in [0.5, 0.6) is 0 Å². The maximum Gasteiger partial charge on any atom is 0.206 e. The van der Waals surface area contributed by atoms with E-state index in [1.54, 1.807) is 0 Å². The van der Waals surface area contributed by atoms with Gasteiger partial charge in [0.1, 0.15) is 0 Å². The predicted molar refractivity (Wildman–Crippen MR) is 66.9 cm³/mol. The summed E-state index contributed by atoms with van der Waals surface area (Å²) >= 11 is 0. The standard InChI is InChI=1S/C12H24N4/c1-8-4-3-5-11(9(8)2)15-12(16-13)14-10-6-7-10/h8-11H,3-7,13H2,1-2H3,(H2,14,15,16). The maximum atomic E-state index is 5.50. The summed E-state index contributed by atoms with van der Waals surface area (Å²) in [6, 6.07) is 1.03. The molecule has 0 saturated heterocycles. The topological polar surface area (TPSA) is 62.4 Å². The highest BCUT2D eigenvalue weighted by Gasteiger charge is 2.28. The Balaban J connectivity index is 1.95. The van der Waals surface area contributed by atoms with Gasteiger partial charge in [0.15, 0.2) is 0 Å². The van der Waals surface area contributed by atoms with E-state index in [1.807, 2.05) is 0 Å². The Hall–Kier alpha value is -0.770. The lowest BCUT2D eigenvalue weighted by Crippen LogP contribution is -2.44. The molecule has 2 aliphatic rings. The van der Waals surface area contributed by atoms with Crippen molar-refractivity contribution in [2.45, 2.75) is 58.0 Å². The van der Waals surface area contributed by atoms with Crippen molar-refractivity contribution in [3.05, 3.63) is 0 Å². The van der Waals surface area contributed by atoms with Crippen LogP contribution < -0.4 is 16.6 Å². The zero-order valence-corrected chi connectivity index (χ0v) is 10.4. The van der Waals surface area contributed by atoms with Crippen LogP contribution in [0.1, 0.15) is 46.0 Å². The van der Waals surface area contributed by atoms with Gasteiger partial charge < -0.3 is 5.32 Å². The lowest BCUT2D eigenvalue weighted by Gasteiger charge is -2.32. The zero-order chi connectivity index (χ0) is 11.5. The van der Waals surface area contributed by atoms with E-state index in [4.69, 9.17) is 10.8 Å². The molecule has 4 nitrogen and oxygen atoms in total. The number of rotatable bonds is 2. The van der Waals surface area contributed by atoms with Crippen LogP contribution in [0.4, 0.5) is 0 Å². The van der Waals surface area contributed by atoms with E-state index in [-0.39, 0.29) is 0 Å². The van der Waals surface area contributed by atoms with E-state index in [1.165, 1.54) is 32.1 Å². The molecule has 0 heterocycles. The smallest absolute Gasteiger partial charge is 0.206 e. The molecule has 0 aromatic rings. The quantitative estimate of drug-likeness (QED) is 0.287. The maximum absolute atomic E-state index is 5.50. The highest BCUT2D eigenvalue weighted by molar-refractivity contribution is 5.80. The summed E-state index contributed by atoms with van der Waals surface area (Å²) in [5.74, 6) is 7.73. The molecule has 2 aliphatic carbocycles. The van der Waals surface area contributed by atoms with Gasteiger partial charge in [0.05, 0.1) is 6.04 Å². The summed E-state index contributed by atoms with van der Waals surface area (Å²) in [4.78, 5) is 4.74. The van der Waals surface area contributed by atoms with Gasteiger partial charge in [-0.3, -0.25) is 5.43 Å². The average Bonchev–Trinajstić information content (AvgIpc) is 3.07. The molecular formula is C12H24N4. The van der Waals surface area contributed by atoms with E-state index < -0.39 is 0 Å². The van der Waals surface area contributed by atoms with Gasteiger partial charge in [-0.1, -0.05) is 26.7 Å². The molecule has 0 spiro atoms. The number of hydrogen-bond donors (Lipinski definition) is 3. The second-order valence-electron chi connectivity index (χ2n) is 5.38. The second-order valence-corrected chi connectivity index (χ2v) is 5.38. The number of hydrogen-bond acceptors (Lipinski definition) is 2. The fourth-order valence-electron chi connectivity index (χ4n) is 2.44. The Kier molecular flexibility index (Phi) is 3.69. The van der Waals surface area contributed by atoms with Crippen molar-refractivity contribution in [2.75, 3.05) is 0 Å². The molecule has 92 valence electrons. The molecular weight excluding hydrogens is 200 g/mol.